The second-order valence-corrected chi connectivity index (χ2v) is 9.12. The number of hydrogen-bond acceptors (Lipinski definition) is 4. The average Bonchev–Trinajstić information content (AvgIpc) is 3.00. The van der Waals surface area contributed by atoms with Crippen LogP contribution in [0.4, 0.5) is 11.4 Å². The van der Waals surface area contributed by atoms with Crippen LogP contribution in [-0.2, 0) is 9.59 Å². The van der Waals surface area contributed by atoms with E-state index in [-0.39, 0.29) is 23.6 Å². The summed E-state index contributed by atoms with van der Waals surface area (Å²) in [5.74, 6) is 0.0547. The van der Waals surface area contributed by atoms with Gasteiger partial charge in [-0.1, -0.05) is 35.9 Å². The van der Waals surface area contributed by atoms with Gasteiger partial charge in [-0.2, -0.15) is 0 Å². The molecule has 4 rings (SSSR count). The van der Waals surface area contributed by atoms with Crippen molar-refractivity contribution in [1.82, 2.24) is 0 Å². The van der Waals surface area contributed by atoms with Gasteiger partial charge in [0, 0.05) is 5.69 Å². The molecule has 0 atom stereocenters. The number of carbonyl (C=O) groups excluding carboxylic acids is 2. The summed E-state index contributed by atoms with van der Waals surface area (Å²) < 4.78 is 5.72. The number of imide groups is 1. The van der Waals surface area contributed by atoms with Crippen LogP contribution in [0.1, 0.15) is 41.7 Å². The molecule has 0 bridgehead atoms. The molecular formula is C29H30N2O3. The van der Waals surface area contributed by atoms with Crippen LogP contribution in [0.25, 0.3) is 5.57 Å². The number of rotatable bonds is 6. The molecule has 3 aromatic rings. The molecule has 0 radical (unpaired) electrons. The molecule has 0 spiro atoms. The number of aryl methyl sites for hydroxylation is 4. The lowest BCUT2D eigenvalue weighted by Gasteiger charge is -2.18. The van der Waals surface area contributed by atoms with E-state index in [4.69, 9.17) is 4.74 Å². The van der Waals surface area contributed by atoms with Crippen LogP contribution in [0.2, 0.25) is 0 Å². The Bertz CT molecular complexity index is 1300. The van der Waals surface area contributed by atoms with Gasteiger partial charge in [-0.3, -0.25) is 9.59 Å². The number of nitrogens with zero attached hydrogens (tertiary/aromatic N) is 1. The molecule has 0 aliphatic carbocycles. The summed E-state index contributed by atoms with van der Waals surface area (Å²) in [5, 5.41) is 3.24. The van der Waals surface area contributed by atoms with E-state index in [1.54, 1.807) is 0 Å². The maximum Gasteiger partial charge on any atom is 0.282 e. The Morgan fingerprint density at radius 3 is 2.06 bits per heavy atom. The van der Waals surface area contributed by atoms with E-state index in [1.807, 2.05) is 102 Å². The first-order chi connectivity index (χ1) is 16.2. The van der Waals surface area contributed by atoms with Crippen molar-refractivity contribution in [2.45, 2.75) is 47.6 Å². The molecule has 1 aliphatic rings. The quantitative estimate of drug-likeness (QED) is 0.457. The number of hydrogen-bond donors (Lipinski definition) is 1. The summed E-state index contributed by atoms with van der Waals surface area (Å²) in [4.78, 5) is 28.8. The predicted octanol–water partition coefficient (Wildman–Crippen LogP) is 6.10. The van der Waals surface area contributed by atoms with Gasteiger partial charge in [0.25, 0.3) is 11.8 Å². The minimum absolute atomic E-state index is 0.0674. The van der Waals surface area contributed by atoms with E-state index in [0.717, 1.165) is 33.6 Å². The van der Waals surface area contributed by atoms with E-state index in [0.29, 0.717) is 16.9 Å². The zero-order valence-electron chi connectivity index (χ0n) is 20.5. The first-order valence-corrected chi connectivity index (χ1v) is 11.5. The second kappa shape index (κ2) is 9.18. The van der Waals surface area contributed by atoms with Crippen LogP contribution in [-0.4, -0.2) is 17.9 Å². The van der Waals surface area contributed by atoms with Gasteiger partial charge in [-0.25, -0.2) is 4.90 Å². The van der Waals surface area contributed by atoms with Crippen molar-refractivity contribution in [3.63, 3.8) is 0 Å². The summed E-state index contributed by atoms with van der Waals surface area (Å²) >= 11 is 0. The van der Waals surface area contributed by atoms with Crippen LogP contribution < -0.4 is 15.0 Å². The third-order valence-corrected chi connectivity index (χ3v) is 5.84. The first kappa shape index (κ1) is 23.3. The Morgan fingerprint density at radius 2 is 1.41 bits per heavy atom. The van der Waals surface area contributed by atoms with Crippen LogP contribution in [0.15, 0.2) is 66.4 Å². The van der Waals surface area contributed by atoms with Gasteiger partial charge in [0.15, 0.2) is 0 Å². The van der Waals surface area contributed by atoms with Gasteiger partial charge in [-0.05, 0) is 94.1 Å². The molecule has 5 nitrogen and oxygen atoms in total. The molecule has 34 heavy (non-hydrogen) atoms. The predicted molar refractivity (Wildman–Crippen MR) is 137 cm³/mol. The average molecular weight is 455 g/mol. The zero-order valence-corrected chi connectivity index (χ0v) is 20.5. The molecule has 3 aromatic carbocycles. The molecule has 0 unspecified atom stereocenters. The molecule has 5 heteroatoms. The van der Waals surface area contributed by atoms with Gasteiger partial charge in [0.05, 0.1) is 17.4 Å². The maximum atomic E-state index is 13.8. The Kier molecular flexibility index (Phi) is 6.29. The van der Waals surface area contributed by atoms with Crippen molar-refractivity contribution >= 4 is 28.8 Å². The lowest BCUT2D eigenvalue weighted by atomic mass is 9.97. The van der Waals surface area contributed by atoms with Crippen LogP contribution in [0, 0.1) is 27.7 Å². The summed E-state index contributed by atoms with van der Waals surface area (Å²) in [7, 11) is 0. The molecule has 1 heterocycles. The van der Waals surface area contributed by atoms with E-state index < -0.39 is 0 Å². The Morgan fingerprint density at radius 1 is 0.765 bits per heavy atom. The standard InChI is InChI=1S/C29H30N2O3/c1-17(2)34-23-12-10-22(11-13-23)30-27-26(24-14-8-18(3)15-21(24)6)28(32)31(29(27)33)25-16-19(4)7-9-20(25)5/h7-17,30H,1-6H3. The molecule has 0 fully saturated rings. The zero-order chi connectivity index (χ0) is 24.6. The van der Waals surface area contributed by atoms with Crippen molar-refractivity contribution in [3.8, 4) is 5.75 Å². The number of carbonyl (C=O) groups is 2. The van der Waals surface area contributed by atoms with Crippen LogP contribution in [0.3, 0.4) is 0 Å². The van der Waals surface area contributed by atoms with Crippen molar-refractivity contribution in [1.29, 1.82) is 0 Å². The fraction of sp³-hybridized carbons (Fsp3) is 0.241. The molecule has 174 valence electrons. The molecular weight excluding hydrogens is 424 g/mol. The number of ether oxygens (including phenoxy) is 1. The number of amides is 2. The van der Waals surface area contributed by atoms with Gasteiger partial charge in [-0.15, -0.1) is 0 Å². The maximum absolute atomic E-state index is 13.8. The minimum atomic E-state index is -0.365. The highest BCUT2D eigenvalue weighted by atomic mass is 16.5. The fourth-order valence-corrected chi connectivity index (χ4v) is 4.20. The largest absolute Gasteiger partial charge is 0.491 e. The molecule has 0 saturated carbocycles. The number of nitrogens with one attached hydrogen (secondary N) is 1. The number of anilines is 2. The van der Waals surface area contributed by atoms with Gasteiger partial charge >= 0.3 is 0 Å². The van der Waals surface area contributed by atoms with Gasteiger partial charge in [0.2, 0.25) is 0 Å². The molecule has 0 saturated heterocycles. The van der Waals surface area contributed by atoms with Gasteiger partial charge < -0.3 is 10.1 Å². The third kappa shape index (κ3) is 4.46. The Labute approximate surface area is 201 Å². The summed E-state index contributed by atoms with van der Waals surface area (Å²) in [6, 6.07) is 19.1. The highest BCUT2D eigenvalue weighted by molar-refractivity contribution is 6.46. The van der Waals surface area contributed by atoms with Crippen molar-refractivity contribution in [2.75, 3.05) is 10.2 Å². The Hall–Kier alpha value is -3.86. The van der Waals surface area contributed by atoms with Gasteiger partial charge in [0.1, 0.15) is 11.4 Å². The highest BCUT2D eigenvalue weighted by Gasteiger charge is 2.41. The second-order valence-electron chi connectivity index (χ2n) is 9.12. The lowest BCUT2D eigenvalue weighted by molar-refractivity contribution is -0.120. The van der Waals surface area contributed by atoms with E-state index in [1.165, 1.54) is 4.90 Å². The molecule has 1 N–H and O–H groups in total. The molecule has 1 aliphatic heterocycles. The van der Waals surface area contributed by atoms with Crippen molar-refractivity contribution in [2.24, 2.45) is 0 Å². The summed E-state index contributed by atoms with van der Waals surface area (Å²) in [5.41, 5.74) is 6.60. The van der Waals surface area contributed by atoms with E-state index in [9.17, 15) is 9.59 Å². The Balaban J connectivity index is 1.81. The lowest BCUT2D eigenvalue weighted by Crippen LogP contribution is -2.33. The monoisotopic (exact) mass is 454 g/mol. The van der Waals surface area contributed by atoms with Crippen molar-refractivity contribution < 1.29 is 14.3 Å². The normalized spacial score (nSPS) is 13.8. The smallest absolute Gasteiger partial charge is 0.282 e. The van der Waals surface area contributed by atoms with Crippen molar-refractivity contribution in [3.05, 3.63) is 94.2 Å². The minimum Gasteiger partial charge on any atom is -0.491 e. The van der Waals surface area contributed by atoms with Crippen LogP contribution in [0.5, 0.6) is 5.75 Å². The highest BCUT2D eigenvalue weighted by Crippen LogP contribution is 2.37. The fourth-order valence-electron chi connectivity index (χ4n) is 4.20. The summed E-state index contributed by atoms with van der Waals surface area (Å²) in [6.07, 6.45) is 0.0674. The number of benzene rings is 3. The topological polar surface area (TPSA) is 58.6 Å². The van der Waals surface area contributed by atoms with E-state index >= 15 is 0 Å². The molecule has 0 aromatic heterocycles. The first-order valence-electron chi connectivity index (χ1n) is 11.5. The molecule has 2 amide bonds. The van der Waals surface area contributed by atoms with E-state index in [2.05, 4.69) is 5.32 Å². The SMILES string of the molecule is Cc1ccc(C2=C(Nc3ccc(OC(C)C)cc3)C(=O)N(c3cc(C)ccc3C)C2=O)c(C)c1. The third-order valence-electron chi connectivity index (χ3n) is 5.84. The van der Waals surface area contributed by atoms with Crippen LogP contribution >= 0.6 is 0 Å². The summed E-state index contributed by atoms with van der Waals surface area (Å²) in [6.45, 7) is 11.8.